The zero-order valence-electron chi connectivity index (χ0n) is 9.45. The van der Waals surface area contributed by atoms with Crippen LogP contribution in [0.1, 0.15) is 31.2 Å². The average molecular weight is 239 g/mol. The number of nitrogens with one attached hydrogen (secondary N) is 1. The van der Waals surface area contributed by atoms with Crippen molar-refractivity contribution in [3.05, 3.63) is 34.9 Å². The summed E-state index contributed by atoms with van der Waals surface area (Å²) >= 11 is 6.16. The van der Waals surface area contributed by atoms with Crippen molar-refractivity contribution in [1.29, 1.82) is 0 Å². The minimum atomic E-state index is 0.363. The zero-order chi connectivity index (χ0) is 11.4. The van der Waals surface area contributed by atoms with Crippen LogP contribution in [0, 0.1) is 5.92 Å². The quantitative estimate of drug-likeness (QED) is 0.625. The van der Waals surface area contributed by atoms with Crippen molar-refractivity contribution in [3.63, 3.8) is 0 Å². The molecule has 1 aromatic rings. The van der Waals surface area contributed by atoms with Crippen molar-refractivity contribution in [2.45, 2.75) is 38.1 Å². The lowest BCUT2D eigenvalue weighted by Crippen LogP contribution is -2.41. The molecular formula is C13H19ClN2. The maximum atomic E-state index is 6.16. The van der Waals surface area contributed by atoms with Crippen LogP contribution in [0.15, 0.2) is 24.3 Å². The van der Waals surface area contributed by atoms with Gasteiger partial charge in [0.15, 0.2) is 0 Å². The number of halogens is 1. The monoisotopic (exact) mass is 238 g/mol. The van der Waals surface area contributed by atoms with Crippen molar-refractivity contribution in [1.82, 2.24) is 5.43 Å². The highest BCUT2D eigenvalue weighted by Gasteiger charge is 2.24. The van der Waals surface area contributed by atoms with Gasteiger partial charge in [-0.05, 0) is 36.8 Å². The Hall–Kier alpha value is -0.570. The van der Waals surface area contributed by atoms with Crippen LogP contribution >= 0.6 is 11.6 Å². The van der Waals surface area contributed by atoms with Gasteiger partial charge in [0, 0.05) is 11.1 Å². The van der Waals surface area contributed by atoms with Gasteiger partial charge in [-0.1, -0.05) is 42.6 Å². The standard InChI is InChI=1S/C13H19ClN2/c14-12-8-4-3-7-11(12)9-13(16-15)10-5-1-2-6-10/h3-4,7-8,10,13,16H,1-2,5-6,9,15H2. The summed E-state index contributed by atoms with van der Waals surface area (Å²) in [5.74, 6) is 6.37. The molecule has 0 radical (unpaired) electrons. The molecule has 0 aliphatic heterocycles. The first kappa shape index (κ1) is 11.9. The van der Waals surface area contributed by atoms with Gasteiger partial charge in [-0.2, -0.15) is 0 Å². The summed E-state index contributed by atoms with van der Waals surface area (Å²) in [7, 11) is 0. The molecule has 1 aliphatic rings. The lowest BCUT2D eigenvalue weighted by atomic mass is 9.93. The molecule has 0 heterocycles. The largest absolute Gasteiger partial charge is 0.271 e. The van der Waals surface area contributed by atoms with E-state index in [4.69, 9.17) is 17.4 Å². The second-order valence-corrected chi connectivity index (χ2v) is 5.02. The summed E-state index contributed by atoms with van der Waals surface area (Å²) < 4.78 is 0. The van der Waals surface area contributed by atoms with E-state index in [1.54, 1.807) is 0 Å². The Bertz CT molecular complexity index is 334. The summed E-state index contributed by atoms with van der Waals surface area (Å²) in [6.07, 6.45) is 6.19. The second-order valence-electron chi connectivity index (χ2n) is 4.61. The summed E-state index contributed by atoms with van der Waals surface area (Å²) in [5.41, 5.74) is 4.15. The molecule has 1 atom stereocenters. The molecule has 0 aromatic heterocycles. The van der Waals surface area contributed by atoms with Gasteiger partial charge in [0.2, 0.25) is 0 Å². The molecule has 0 bridgehead atoms. The second kappa shape index (κ2) is 5.67. The van der Waals surface area contributed by atoms with E-state index in [1.807, 2.05) is 18.2 Å². The Morgan fingerprint density at radius 2 is 2.00 bits per heavy atom. The van der Waals surface area contributed by atoms with E-state index in [-0.39, 0.29) is 0 Å². The van der Waals surface area contributed by atoms with E-state index in [2.05, 4.69) is 11.5 Å². The van der Waals surface area contributed by atoms with Crippen LogP contribution in [-0.4, -0.2) is 6.04 Å². The molecule has 0 amide bonds. The van der Waals surface area contributed by atoms with Gasteiger partial charge in [0.05, 0.1) is 0 Å². The molecule has 2 nitrogen and oxygen atoms in total. The van der Waals surface area contributed by atoms with Crippen LogP contribution in [0.5, 0.6) is 0 Å². The maximum Gasteiger partial charge on any atom is 0.0438 e. The Kier molecular flexibility index (Phi) is 4.22. The van der Waals surface area contributed by atoms with Gasteiger partial charge in [0.1, 0.15) is 0 Å². The van der Waals surface area contributed by atoms with Crippen LogP contribution in [0.25, 0.3) is 0 Å². The number of nitrogens with two attached hydrogens (primary N) is 1. The van der Waals surface area contributed by atoms with E-state index in [1.165, 1.54) is 31.2 Å². The smallest absolute Gasteiger partial charge is 0.0438 e. The number of hydrogen-bond acceptors (Lipinski definition) is 2. The minimum absolute atomic E-state index is 0.363. The summed E-state index contributed by atoms with van der Waals surface area (Å²) in [6, 6.07) is 8.39. The first-order chi connectivity index (χ1) is 7.81. The predicted molar refractivity (Wildman–Crippen MR) is 68.2 cm³/mol. The summed E-state index contributed by atoms with van der Waals surface area (Å²) in [4.78, 5) is 0. The third-order valence-electron chi connectivity index (χ3n) is 3.58. The van der Waals surface area contributed by atoms with Gasteiger partial charge >= 0.3 is 0 Å². The van der Waals surface area contributed by atoms with Crippen molar-refractivity contribution in [2.75, 3.05) is 0 Å². The fourth-order valence-electron chi connectivity index (χ4n) is 2.62. The molecule has 3 N–H and O–H groups in total. The Morgan fingerprint density at radius 1 is 1.31 bits per heavy atom. The number of benzene rings is 1. The average Bonchev–Trinajstić information content (AvgIpc) is 2.81. The molecule has 3 heteroatoms. The van der Waals surface area contributed by atoms with Gasteiger partial charge in [-0.15, -0.1) is 0 Å². The first-order valence-electron chi connectivity index (χ1n) is 6.01. The first-order valence-corrected chi connectivity index (χ1v) is 6.38. The van der Waals surface area contributed by atoms with Gasteiger partial charge in [-0.3, -0.25) is 11.3 Å². The van der Waals surface area contributed by atoms with Crippen molar-refractivity contribution < 1.29 is 0 Å². The predicted octanol–water partition coefficient (Wildman–Crippen LogP) is 2.90. The highest BCUT2D eigenvalue weighted by atomic mass is 35.5. The normalized spacial score (nSPS) is 18.9. The topological polar surface area (TPSA) is 38.0 Å². The highest BCUT2D eigenvalue weighted by Crippen LogP contribution is 2.30. The van der Waals surface area contributed by atoms with E-state index in [0.29, 0.717) is 12.0 Å². The molecule has 16 heavy (non-hydrogen) atoms. The highest BCUT2D eigenvalue weighted by molar-refractivity contribution is 6.31. The third-order valence-corrected chi connectivity index (χ3v) is 3.95. The fourth-order valence-corrected chi connectivity index (χ4v) is 2.84. The minimum Gasteiger partial charge on any atom is -0.271 e. The molecule has 1 aromatic carbocycles. The van der Waals surface area contributed by atoms with Gasteiger partial charge in [-0.25, -0.2) is 0 Å². The van der Waals surface area contributed by atoms with E-state index in [0.717, 1.165) is 11.4 Å². The van der Waals surface area contributed by atoms with Crippen LogP contribution in [0.4, 0.5) is 0 Å². The van der Waals surface area contributed by atoms with E-state index < -0.39 is 0 Å². The Morgan fingerprint density at radius 3 is 2.62 bits per heavy atom. The number of hydrogen-bond donors (Lipinski definition) is 2. The maximum absolute atomic E-state index is 6.16. The van der Waals surface area contributed by atoms with Crippen molar-refractivity contribution in [3.8, 4) is 0 Å². The lowest BCUT2D eigenvalue weighted by molar-refractivity contribution is 0.361. The van der Waals surface area contributed by atoms with Crippen molar-refractivity contribution in [2.24, 2.45) is 11.8 Å². The Labute approximate surface area is 102 Å². The van der Waals surface area contributed by atoms with Crippen LogP contribution in [-0.2, 0) is 6.42 Å². The molecular weight excluding hydrogens is 220 g/mol. The molecule has 1 fully saturated rings. The third kappa shape index (κ3) is 2.76. The molecule has 0 spiro atoms. The van der Waals surface area contributed by atoms with Crippen molar-refractivity contribution >= 4 is 11.6 Å². The van der Waals surface area contributed by atoms with Crippen LogP contribution in [0.3, 0.4) is 0 Å². The summed E-state index contributed by atoms with van der Waals surface area (Å²) in [5, 5.41) is 0.848. The van der Waals surface area contributed by atoms with Gasteiger partial charge in [0.25, 0.3) is 0 Å². The lowest BCUT2D eigenvalue weighted by Gasteiger charge is -2.23. The van der Waals surface area contributed by atoms with E-state index >= 15 is 0 Å². The molecule has 1 unspecified atom stereocenters. The Balaban J connectivity index is 2.03. The molecule has 0 saturated heterocycles. The number of rotatable bonds is 4. The molecule has 1 saturated carbocycles. The van der Waals surface area contributed by atoms with Crippen LogP contribution in [0.2, 0.25) is 5.02 Å². The fraction of sp³-hybridized carbons (Fsp3) is 0.538. The van der Waals surface area contributed by atoms with Gasteiger partial charge < -0.3 is 0 Å². The van der Waals surface area contributed by atoms with E-state index in [9.17, 15) is 0 Å². The SMILES string of the molecule is NNC(Cc1ccccc1Cl)C1CCCC1. The summed E-state index contributed by atoms with van der Waals surface area (Å²) in [6.45, 7) is 0. The molecule has 2 rings (SSSR count). The zero-order valence-corrected chi connectivity index (χ0v) is 10.2. The molecule has 88 valence electrons. The van der Waals surface area contributed by atoms with Crippen LogP contribution < -0.4 is 11.3 Å². The number of hydrazine groups is 1. The molecule has 1 aliphatic carbocycles.